The number of methoxy groups -OCH3 is 1. The van der Waals surface area contributed by atoms with E-state index in [-0.39, 0.29) is 37.7 Å². The van der Waals surface area contributed by atoms with Gasteiger partial charge < -0.3 is 50.8 Å². The molecule has 0 radical (unpaired) electrons. The van der Waals surface area contributed by atoms with Crippen molar-refractivity contribution in [2.75, 3.05) is 31.3 Å². The number of carboxylic acid groups (broad SMARTS) is 1. The summed E-state index contributed by atoms with van der Waals surface area (Å²) >= 11 is 0. The van der Waals surface area contributed by atoms with Crippen LogP contribution in [-0.2, 0) is 16.1 Å². The highest BCUT2D eigenvalue weighted by atomic mass is 19.4. The number of halogens is 6. The van der Waals surface area contributed by atoms with Gasteiger partial charge in [0.25, 0.3) is 0 Å². The molecular formula is C34H45F6N5O9. The van der Waals surface area contributed by atoms with E-state index in [0.29, 0.717) is 35.3 Å². The number of hydrogen-bond acceptors (Lipinski definition) is 8. The zero-order valence-corrected chi connectivity index (χ0v) is 29.5. The van der Waals surface area contributed by atoms with Crippen LogP contribution < -0.4 is 20.7 Å². The molecule has 0 bridgehead atoms. The number of oxazole rings is 1. The second-order valence-corrected chi connectivity index (χ2v) is 10.9. The van der Waals surface area contributed by atoms with Gasteiger partial charge in [-0.3, -0.25) is 14.1 Å². The number of nitrogens with one attached hydrogen (secondary N) is 3. The van der Waals surface area contributed by atoms with Crippen LogP contribution in [0.2, 0.25) is 0 Å². The monoisotopic (exact) mass is 781 g/mol. The lowest BCUT2D eigenvalue weighted by Crippen LogP contribution is -2.30. The SMILES string of the molecule is COc1cc(NC(=O)Nc2cccc(CNC(=O)OC(CCN(C)C(C)C)c3ccccc3)c2)ccc1-c1cnco1.F.F.F.O.O.O=C(O)C(F)(F)F. The van der Waals surface area contributed by atoms with Crippen LogP contribution >= 0.6 is 0 Å². The summed E-state index contributed by atoms with van der Waals surface area (Å²) in [7, 11) is 3.60. The first-order valence-corrected chi connectivity index (χ1v) is 15.0. The van der Waals surface area contributed by atoms with Gasteiger partial charge in [0.1, 0.15) is 11.9 Å². The zero-order valence-electron chi connectivity index (χ0n) is 29.5. The molecule has 3 aromatic carbocycles. The first-order chi connectivity index (χ1) is 23.3. The van der Waals surface area contributed by atoms with E-state index in [1.165, 1.54) is 6.39 Å². The minimum atomic E-state index is -5.08. The lowest BCUT2D eigenvalue weighted by Gasteiger charge is -2.25. The summed E-state index contributed by atoms with van der Waals surface area (Å²) in [5.41, 5.74) is 3.59. The number of alkyl halides is 3. The molecule has 1 aromatic heterocycles. The summed E-state index contributed by atoms with van der Waals surface area (Å²) in [5, 5.41) is 15.6. The number of benzene rings is 3. The third kappa shape index (κ3) is 17.1. The van der Waals surface area contributed by atoms with Crippen molar-refractivity contribution >= 4 is 29.5 Å². The molecule has 3 amide bonds. The average molecular weight is 782 g/mol. The highest BCUT2D eigenvalue weighted by Crippen LogP contribution is 2.32. The zero-order chi connectivity index (χ0) is 36.0. The minimum absolute atomic E-state index is 0. The van der Waals surface area contributed by atoms with Crippen molar-refractivity contribution in [3.63, 3.8) is 0 Å². The van der Waals surface area contributed by atoms with Crippen molar-refractivity contribution < 1.29 is 71.6 Å². The number of hydrogen-bond donors (Lipinski definition) is 4. The van der Waals surface area contributed by atoms with Crippen molar-refractivity contribution in [3.8, 4) is 17.1 Å². The average Bonchev–Trinajstić information content (AvgIpc) is 3.61. The number of ether oxygens (including phenoxy) is 2. The van der Waals surface area contributed by atoms with Crippen LogP contribution in [0.1, 0.15) is 37.5 Å². The third-order valence-corrected chi connectivity index (χ3v) is 7.07. The first kappa shape index (κ1) is 52.5. The van der Waals surface area contributed by atoms with Gasteiger partial charge in [0.05, 0.1) is 18.9 Å². The second-order valence-electron chi connectivity index (χ2n) is 10.9. The van der Waals surface area contributed by atoms with Crippen molar-refractivity contribution in [2.24, 2.45) is 0 Å². The van der Waals surface area contributed by atoms with Crippen molar-refractivity contribution in [1.29, 1.82) is 0 Å². The number of nitrogens with zero attached hydrogens (tertiary/aromatic N) is 2. The number of carbonyl (C=O) groups is 3. The molecule has 302 valence electrons. The fraction of sp³-hybridized carbons (Fsp3) is 0.294. The van der Waals surface area contributed by atoms with Gasteiger partial charge in [0.2, 0.25) is 0 Å². The van der Waals surface area contributed by atoms with E-state index in [9.17, 15) is 22.8 Å². The van der Waals surface area contributed by atoms with E-state index in [4.69, 9.17) is 23.8 Å². The fourth-order valence-electron chi connectivity index (χ4n) is 4.26. The number of rotatable bonds is 12. The normalized spacial score (nSPS) is 10.5. The summed E-state index contributed by atoms with van der Waals surface area (Å²) in [6.07, 6.45) is -2.35. The molecule has 54 heavy (non-hydrogen) atoms. The van der Waals surface area contributed by atoms with Crippen LogP contribution in [-0.4, -0.2) is 77.0 Å². The molecule has 0 fully saturated rings. The quantitative estimate of drug-likeness (QED) is 0.121. The maximum Gasteiger partial charge on any atom is 0.490 e. The predicted octanol–water partition coefficient (Wildman–Crippen LogP) is 6.13. The second kappa shape index (κ2) is 25.2. The smallest absolute Gasteiger partial charge is 0.490 e. The lowest BCUT2D eigenvalue weighted by atomic mass is 10.1. The summed E-state index contributed by atoms with van der Waals surface area (Å²) in [6, 6.07) is 22.2. The van der Waals surface area contributed by atoms with Crippen LogP contribution in [0.3, 0.4) is 0 Å². The maximum atomic E-state index is 12.7. The summed E-state index contributed by atoms with van der Waals surface area (Å²) in [6.45, 7) is 5.29. The highest BCUT2D eigenvalue weighted by Gasteiger charge is 2.38. The van der Waals surface area contributed by atoms with Crippen LogP contribution in [0, 0.1) is 0 Å². The van der Waals surface area contributed by atoms with Crippen molar-refractivity contribution in [2.45, 2.75) is 45.1 Å². The van der Waals surface area contributed by atoms with Crippen LogP contribution in [0.15, 0.2) is 89.8 Å². The first-order valence-electron chi connectivity index (χ1n) is 15.0. The standard InChI is InChI=1S/C32H37N5O5.C2HF3O2.3FH.2H2O/c1-22(2)37(3)16-15-28(24-10-6-5-7-11-24)42-32(39)34-19-23-9-8-12-25(17-23)35-31(38)36-26-13-14-27(29(18-26)40-4)30-20-33-21-41-30;3-2(4,5)1(6)7;;;;;/h5-14,17-18,20-22,28H,15-16,19H2,1-4H3,(H,34,39)(H2,35,36,38);(H,6,7);3*1H;2*1H2. The van der Waals surface area contributed by atoms with Crippen LogP contribution in [0.4, 0.5) is 48.2 Å². The Morgan fingerprint density at radius 3 is 2.07 bits per heavy atom. The molecule has 0 aliphatic carbocycles. The Bertz CT molecular complexity index is 1670. The molecule has 0 saturated heterocycles. The van der Waals surface area contributed by atoms with E-state index in [0.717, 1.165) is 23.2 Å². The fourth-order valence-corrected chi connectivity index (χ4v) is 4.26. The van der Waals surface area contributed by atoms with E-state index in [1.54, 1.807) is 43.6 Å². The molecule has 8 N–H and O–H groups in total. The molecule has 1 atom stereocenters. The summed E-state index contributed by atoms with van der Waals surface area (Å²) in [5.74, 6) is -1.66. The molecule has 0 spiro atoms. The van der Waals surface area contributed by atoms with Gasteiger partial charge in [-0.25, -0.2) is 19.4 Å². The van der Waals surface area contributed by atoms with Gasteiger partial charge in [0.15, 0.2) is 12.2 Å². The number of alkyl carbamates (subject to hydrolysis) is 1. The van der Waals surface area contributed by atoms with Gasteiger partial charge in [-0.15, -0.1) is 0 Å². The number of urea groups is 1. The number of aliphatic carboxylic acids is 1. The summed E-state index contributed by atoms with van der Waals surface area (Å²) < 4.78 is 48.4. The molecule has 4 rings (SSSR count). The van der Waals surface area contributed by atoms with E-state index >= 15 is 0 Å². The highest BCUT2D eigenvalue weighted by molar-refractivity contribution is 6.00. The van der Waals surface area contributed by atoms with Crippen LogP contribution in [0.5, 0.6) is 5.75 Å². The molecular weight excluding hydrogens is 736 g/mol. The Kier molecular flexibility index (Phi) is 24.5. The van der Waals surface area contributed by atoms with Gasteiger partial charge >= 0.3 is 24.3 Å². The maximum absolute atomic E-state index is 12.7. The Morgan fingerprint density at radius 2 is 1.54 bits per heavy atom. The van der Waals surface area contributed by atoms with E-state index in [1.807, 2.05) is 42.5 Å². The van der Waals surface area contributed by atoms with Gasteiger partial charge in [-0.05, 0) is 56.3 Å². The lowest BCUT2D eigenvalue weighted by molar-refractivity contribution is -0.192. The Morgan fingerprint density at radius 1 is 0.926 bits per heavy atom. The van der Waals surface area contributed by atoms with Gasteiger partial charge in [-0.1, -0.05) is 42.5 Å². The minimum Gasteiger partial charge on any atom is -0.496 e. The Balaban J connectivity index is -0.00000198. The van der Waals surface area contributed by atoms with E-state index < -0.39 is 24.3 Å². The molecule has 0 aliphatic rings. The molecule has 20 heteroatoms. The molecule has 1 unspecified atom stereocenters. The van der Waals surface area contributed by atoms with E-state index in [2.05, 4.69) is 46.7 Å². The number of aromatic nitrogens is 1. The largest absolute Gasteiger partial charge is 0.496 e. The van der Waals surface area contributed by atoms with Crippen molar-refractivity contribution in [1.82, 2.24) is 15.2 Å². The summed E-state index contributed by atoms with van der Waals surface area (Å²) in [4.78, 5) is 40.5. The molecule has 14 nitrogen and oxygen atoms in total. The predicted molar refractivity (Wildman–Crippen MR) is 191 cm³/mol. The Hall–Kier alpha value is -5.86. The third-order valence-electron chi connectivity index (χ3n) is 7.07. The molecule has 1 heterocycles. The molecule has 0 saturated carbocycles. The Labute approximate surface area is 306 Å². The molecule has 4 aromatic rings. The number of carbonyl (C=O) groups excluding carboxylic acids is 2. The number of anilines is 2. The number of carboxylic acids is 1. The molecule has 0 aliphatic heterocycles. The van der Waals surface area contributed by atoms with Gasteiger partial charge in [-0.2, -0.15) is 13.2 Å². The number of amides is 3. The topological polar surface area (TPSA) is 218 Å². The van der Waals surface area contributed by atoms with Gasteiger partial charge in [0, 0.05) is 43.0 Å². The van der Waals surface area contributed by atoms with Crippen molar-refractivity contribution in [3.05, 3.63) is 96.5 Å². The van der Waals surface area contributed by atoms with Crippen LogP contribution in [0.25, 0.3) is 11.3 Å².